The largest absolute Gasteiger partial charge is 0.508 e. The second kappa shape index (κ2) is 17.6. The van der Waals surface area contributed by atoms with Gasteiger partial charge >= 0.3 is 0 Å². The van der Waals surface area contributed by atoms with Crippen LogP contribution >= 0.6 is 0 Å². The maximum Gasteiger partial charge on any atom is 0.255 e. The van der Waals surface area contributed by atoms with E-state index < -0.39 is 0 Å². The molecule has 8 nitrogen and oxygen atoms in total. The third-order valence-corrected chi connectivity index (χ3v) is 13.9. The number of phenols is 1. The second-order valence-corrected chi connectivity index (χ2v) is 17.5. The van der Waals surface area contributed by atoms with Crippen molar-refractivity contribution in [1.29, 1.82) is 0 Å². The van der Waals surface area contributed by atoms with Crippen LogP contribution in [0, 0.1) is 5.92 Å². The van der Waals surface area contributed by atoms with Gasteiger partial charge in [-0.2, -0.15) is 0 Å². The fraction of sp³-hybridized carbons (Fsp3) is 0.431. The van der Waals surface area contributed by atoms with Crippen LogP contribution in [0.2, 0.25) is 0 Å². The number of nitrogens with zero attached hydrogens (tertiary/aromatic N) is 2. The summed E-state index contributed by atoms with van der Waals surface area (Å²) in [5.41, 5.74) is 11.6. The Balaban J connectivity index is 0.000000188. The Labute approximate surface area is 350 Å². The SMILES string of the molecule is C=C1CCC(N2Cc3cc(CC)c(CC)cc3C2=O)C(=O)N1.CC(=O)C1CCC(N2CC(Nc3ccc(C4c5ccc(O)cc5CCC4c4ccccc4)cc3)C2)CC1. The Morgan fingerprint density at radius 1 is 0.814 bits per heavy atom. The summed E-state index contributed by atoms with van der Waals surface area (Å²) in [6, 6.07) is 30.8. The van der Waals surface area contributed by atoms with Crippen LogP contribution in [0.15, 0.2) is 97.2 Å². The van der Waals surface area contributed by atoms with Gasteiger partial charge in [0, 0.05) is 54.5 Å². The van der Waals surface area contributed by atoms with E-state index in [1.165, 1.54) is 39.1 Å². The van der Waals surface area contributed by atoms with Crippen LogP contribution in [0.5, 0.6) is 5.75 Å². The molecular formula is C51H60N4O4. The molecule has 59 heavy (non-hydrogen) atoms. The number of anilines is 1. The number of aromatic hydroxyl groups is 1. The average Bonchev–Trinajstić information content (AvgIpc) is 3.55. The van der Waals surface area contributed by atoms with E-state index in [4.69, 9.17) is 0 Å². The Morgan fingerprint density at radius 3 is 2.20 bits per heavy atom. The number of likely N-dealkylation sites (tertiary alicyclic amines) is 1. The van der Waals surface area contributed by atoms with E-state index in [1.54, 1.807) is 11.8 Å². The fourth-order valence-electron chi connectivity index (χ4n) is 10.5. The van der Waals surface area contributed by atoms with Gasteiger partial charge < -0.3 is 20.6 Å². The molecule has 0 spiro atoms. The van der Waals surface area contributed by atoms with Gasteiger partial charge in [-0.05, 0) is 146 Å². The van der Waals surface area contributed by atoms with Crippen molar-refractivity contribution in [2.45, 2.75) is 121 Å². The van der Waals surface area contributed by atoms with Gasteiger partial charge in [-0.15, -0.1) is 0 Å². The van der Waals surface area contributed by atoms with E-state index in [1.807, 2.05) is 18.2 Å². The Hall–Kier alpha value is -5.21. The number of hydrogen-bond acceptors (Lipinski definition) is 6. The number of fused-ring (bicyclic) bond motifs is 2. The first-order valence-corrected chi connectivity index (χ1v) is 22.0. The van der Waals surface area contributed by atoms with Crippen LogP contribution in [0.25, 0.3) is 0 Å². The number of ketones is 1. The third-order valence-electron chi connectivity index (χ3n) is 13.9. The van der Waals surface area contributed by atoms with Gasteiger partial charge in [0.25, 0.3) is 5.91 Å². The molecule has 3 N–H and O–H groups in total. The molecule has 2 amide bonds. The lowest BCUT2D eigenvalue weighted by atomic mass is 9.69. The van der Waals surface area contributed by atoms with Crippen LogP contribution in [0.4, 0.5) is 5.69 Å². The second-order valence-electron chi connectivity index (χ2n) is 17.5. The predicted octanol–water partition coefficient (Wildman–Crippen LogP) is 9.06. The molecule has 3 heterocycles. The number of amides is 2. The highest BCUT2D eigenvalue weighted by Crippen LogP contribution is 2.47. The number of carbonyl (C=O) groups excluding carboxylic acids is 3. The van der Waals surface area contributed by atoms with Crippen LogP contribution in [-0.2, 0) is 35.4 Å². The molecule has 3 aliphatic heterocycles. The number of carbonyl (C=O) groups is 3. The molecular weight excluding hydrogens is 733 g/mol. The quantitative estimate of drug-likeness (QED) is 0.156. The van der Waals surface area contributed by atoms with Crippen molar-refractivity contribution in [2.75, 3.05) is 18.4 Å². The molecule has 3 fully saturated rings. The van der Waals surface area contributed by atoms with E-state index in [9.17, 15) is 19.5 Å². The van der Waals surface area contributed by atoms with Gasteiger partial charge in [-0.3, -0.25) is 19.3 Å². The molecule has 0 bridgehead atoms. The number of benzene rings is 4. The first kappa shape index (κ1) is 40.6. The normalized spacial score (nSPS) is 24.3. The number of nitrogens with one attached hydrogen (secondary N) is 2. The molecule has 9 rings (SSSR count). The first-order chi connectivity index (χ1) is 28.6. The van der Waals surface area contributed by atoms with Crippen LogP contribution < -0.4 is 10.6 Å². The zero-order valence-electron chi connectivity index (χ0n) is 35.0. The van der Waals surface area contributed by atoms with Crippen molar-refractivity contribution < 1.29 is 19.5 Å². The number of allylic oxidation sites excluding steroid dienone is 1. The number of piperidine rings is 1. The topological polar surface area (TPSA) is 102 Å². The smallest absolute Gasteiger partial charge is 0.255 e. The zero-order chi connectivity index (χ0) is 41.2. The molecule has 3 atom stereocenters. The summed E-state index contributed by atoms with van der Waals surface area (Å²) in [4.78, 5) is 40.9. The highest BCUT2D eigenvalue weighted by Gasteiger charge is 2.39. The molecule has 4 aromatic carbocycles. The lowest BCUT2D eigenvalue weighted by molar-refractivity contribution is -0.126. The molecule has 0 aromatic heterocycles. The summed E-state index contributed by atoms with van der Waals surface area (Å²) in [6.07, 6.45) is 9.80. The molecule has 2 saturated heterocycles. The highest BCUT2D eigenvalue weighted by atomic mass is 16.3. The third kappa shape index (κ3) is 8.61. The van der Waals surface area contributed by atoms with Crippen molar-refractivity contribution in [3.8, 4) is 5.75 Å². The van der Waals surface area contributed by atoms with Crippen LogP contribution in [-0.4, -0.2) is 63.7 Å². The van der Waals surface area contributed by atoms with Crippen LogP contribution in [0.3, 0.4) is 0 Å². The van der Waals surface area contributed by atoms with Gasteiger partial charge in [0.05, 0.1) is 6.04 Å². The number of aryl methyl sites for hydroxylation is 3. The Bertz CT molecular complexity index is 2190. The summed E-state index contributed by atoms with van der Waals surface area (Å²) in [6.45, 7) is 12.5. The van der Waals surface area contributed by atoms with E-state index in [2.05, 4.69) is 103 Å². The van der Waals surface area contributed by atoms with Crippen molar-refractivity contribution in [2.24, 2.45) is 5.92 Å². The maximum absolute atomic E-state index is 12.7. The fourth-order valence-corrected chi connectivity index (χ4v) is 10.5. The van der Waals surface area contributed by atoms with Crippen molar-refractivity contribution in [3.05, 3.63) is 142 Å². The van der Waals surface area contributed by atoms with E-state index in [0.717, 1.165) is 87.7 Å². The predicted molar refractivity (Wildman–Crippen MR) is 235 cm³/mol. The summed E-state index contributed by atoms with van der Waals surface area (Å²) in [5.74, 6) is 1.62. The lowest BCUT2D eigenvalue weighted by Gasteiger charge is -2.47. The number of hydrogen-bond donors (Lipinski definition) is 3. The summed E-state index contributed by atoms with van der Waals surface area (Å²) in [7, 11) is 0. The van der Waals surface area contributed by atoms with Gasteiger partial charge in [-0.25, -0.2) is 0 Å². The monoisotopic (exact) mass is 792 g/mol. The summed E-state index contributed by atoms with van der Waals surface area (Å²) < 4.78 is 0. The van der Waals surface area contributed by atoms with E-state index in [0.29, 0.717) is 48.4 Å². The molecule has 308 valence electrons. The standard InChI is InChI=1S/C33H38N2O2.C18H22N2O2/c1-22(36)23-9-14-29(15-10-23)35-20-28(21-35)34-27-12-7-25(8-13-27)33-31(24-5-3-2-4-6-24)17-11-26-19-30(37)16-18-32(26)33;1-4-12-8-14-10-20(16-7-6-11(3)19-17(16)21)18(22)15(14)9-13(12)5-2/h2-8,12-13,16,18-19,23,28-29,31,33-34,37H,9-11,14-15,17,20-21H2,1H3;8-9,16H,3-7,10H2,1-2H3,(H,19,21). The van der Waals surface area contributed by atoms with Gasteiger partial charge in [-0.1, -0.05) is 75.0 Å². The highest BCUT2D eigenvalue weighted by molar-refractivity contribution is 6.01. The molecule has 0 radical (unpaired) electrons. The minimum absolute atomic E-state index is 0.0139. The Kier molecular flexibility index (Phi) is 12.1. The molecule has 3 unspecified atom stereocenters. The van der Waals surface area contributed by atoms with E-state index in [-0.39, 0.29) is 23.8 Å². The van der Waals surface area contributed by atoms with Gasteiger partial charge in [0.2, 0.25) is 5.91 Å². The number of phenolic OH excluding ortho intramolecular Hbond substituents is 1. The molecule has 4 aromatic rings. The minimum atomic E-state index is -0.374. The van der Waals surface area contributed by atoms with Gasteiger partial charge in [0.15, 0.2) is 0 Å². The van der Waals surface area contributed by atoms with Crippen molar-refractivity contribution in [3.63, 3.8) is 0 Å². The van der Waals surface area contributed by atoms with Crippen molar-refractivity contribution in [1.82, 2.24) is 15.1 Å². The lowest BCUT2D eigenvalue weighted by Crippen LogP contribution is -2.59. The molecule has 8 heteroatoms. The Morgan fingerprint density at radius 2 is 1.53 bits per heavy atom. The molecule has 5 aliphatic rings. The zero-order valence-corrected chi connectivity index (χ0v) is 35.0. The molecule has 1 saturated carbocycles. The first-order valence-electron chi connectivity index (χ1n) is 22.0. The van der Waals surface area contributed by atoms with E-state index >= 15 is 0 Å². The average molecular weight is 793 g/mol. The number of rotatable bonds is 9. The minimum Gasteiger partial charge on any atom is -0.508 e. The summed E-state index contributed by atoms with van der Waals surface area (Å²) >= 11 is 0. The molecule has 2 aliphatic carbocycles. The van der Waals surface area contributed by atoms with Crippen LogP contribution in [0.1, 0.15) is 127 Å². The summed E-state index contributed by atoms with van der Waals surface area (Å²) in [5, 5.41) is 16.6. The van der Waals surface area contributed by atoms with Gasteiger partial charge in [0.1, 0.15) is 17.6 Å². The van der Waals surface area contributed by atoms with Crippen molar-refractivity contribution >= 4 is 23.3 Å². The maximum atomic E-state index is 12.7. The number of Topliss-reactive ketones (excluding diaryl/α,β-unsaturated/α-hetero) is 1.